The number of hydrogen-bond donors (Lipinski definition) is 2. The normalized spacial score (nSPS) is 14.0. The fourth-order valence-electron chi connectivity index (χ4n) is 2.59. The smallest absolute Gasteiger partial charge is 0.235 e. The predicted molar refractivity (Wildman–Crippen MR) is 103 cm³/mol. The van der Waals surface area contributed by atoms with Crippen LogP contribution < -0.4 is 10.0 Å². The summed E-state index contributed by atoms with van der Waals surface area (Å²) in [5.41, 5.74) is 3.23. The third-order valence-electron chi connectivity index (χ3n) is 4.12. The summed E-state index contributed by atoms with van der Waals surface area (Å²) in [5, 5.41) is 2.97. The minimum Gasteiger partial charge on any atom is -0.340 e. The van der Waals surface area contributed by atoms with Crippen molar-refractivity contribution in [3.8, 4) is 11.3 Å². The van der Waals surface area contributed by atoms with Crippen LogP contribution in [0.25, 0.3) is 11.3 Å². The van der Waals surface area contributed by atoms with Crippen molar-refractivity contribution in [2.45, 2.75) is 18.1 Å². The molecule has 6 nitrogen and oxygen atoms in total. The van der Waals surface area contributed by atoms with E-state index >= 15 is 0 Å². The molecule has 1 fully saturated rings. The summed E-state index contributed by atoms with van der Waals surface area (Å²) >= 11 is 0. The van der Waals surface area contributed by atoms with Gasteiger partial charge in [-0.15, -0.1) is 0 Å². The van der Waals surface area contributed by atoms with Gasteiger partial charge < -0.3 is 5.32 Å². The second-order valence-electron chi connectivity index (χ2n) is 6.20. The molecule has 0 atom stereocenters. The first-order chi connectivity index (χ1) is 12.6. The summed E-state index contributed by atoms with van der Waals surface area (Å²) < 4.78 is 26.6. The van der Waals surface area contributed by atoms with E-state index in [1.807, 2.05) is 48.5 Å². The fraction of sp³-hybridized carbons (Fsp3) is 0.158. The second-order valence-corrected chi connectivity index (χ2v) is 8.16. The number of nitrogens with zero attached hydrogens (tertiary/aromatic N) is 2. The molecule has 7 heteroatoms. The van der Waals surface area contributed by atoms with Crippen LogP contribution in [-0.2, 0) is 10.0 Å². The van der Waals surface area contributed by atoms with E-state index < -0.39 is 10.0 Å². The number of rotatable bonds is 6. The van der Waals surface area contributed by atoms with Crippen molar-refractivity contribution in [3.63, 3.8) is 0 Å². The third-order valence-corrected chi connectivity index (χ3v) is 5.99. The summed E-state index contributed by atoms with van der Waals surface area (Å²) in [7, 11) is -3.24. The number of benzene rings is 2. The number of aromatic nitrogens is 2. The molecule has 4 rings (SSSR count). The number of sulfonamides is 1. The molecule has 1 aromatic heterocycles. The first-order valence-electron chi connectivity index (χ1n) is 8.36. The molecule has 0 bridgehead atoms. The molecule has 0 aliphatic heterocycles. The molecule has 0 unspecified atom stereocenters. The van der Waals surface area contributed by atoms with Crippen molar-refractivity contribution >= 4 is 27.2 Å². The van der Waals surface area contributed by atoms with E-state index in [0.717, 1.165) is 29.8 Å². The summed E-state index contributed by atoms with van der Waals surface area (Å²) in [6, 6.07) is 18.9. The van der Waals surface area contributed by atoms with Crippen molar-refractivity contribution in [1.29, 1.82) is 0 Å². The lowest BCUT2D eigenvalue weighted by molar-refractivity contribution is 0.600. The quantitative estimate of drug-likeness (QED) is 0.693. The fourth-order valence-corrected chi connectivity index (χ4v) is 3.98. The monoisotopic (exact) mass is 366 g/mol. The van der Waals surface area contributed by atoms with E-state index in [1.165, 1.54) is 6.33 Å². The van der Waals surface area contributed by atoms with E-state index in [0.29, 0.717) is 11.5 Å². The SMILES string of the molecule is O=S(=O)(Nc1ccc(Nc2cc(-c3ccccc3)ncn2)cc1)C1CC1. The molecule has 0 saturated heterocycles. The van der Waals surface area contributed by atoms with E-state index in [4.69, 9.17) is 0 Å². The Morgan fingerprint density at radius 3 is 2.27 bits per heavy atom. The van der Waals surface area contributed by atoms with Crippen molar-refractivity contribution in [1.82, 2.24) is 9.97 Å². The summed E-state index contributed by atoms with van der Waals surface area (Å²) in [4.78, 5) is 8.54. The van der Waals surface area contributed by atoms with Gasteiger partial charge in [0, 0.05) is 23.0 Å². The second kappa shape index (κ2) is 6.76. The standard InChI is InChI=1S/C19H18N4O2S/c24-26(25,17-10-11-17)23-16-8-6-15(7-9-16)22-19-12-18(20-13-21-19)14-4-2-1-3-5-14/h1-9,12-13,17,23H,10-11H2,(H,20,21,22). The Hall–Kier alpha value is -2.93. The Kier molecular flexibility index (Phi) is 4.30. The Bertz CT molecular complexity index is 1000. The number of anilines is 3. The van der Waals surface area contributed by atoms with Crippen molar-refractivity contribution < 1.29 is 8.42 Å². The summed E-state index contributed by atoms with van der Waals surface area (Å²) in [6.07, 6.45) is 3.00. The Morgan fingerprint density at radius 1 is 0.885 bits per heavy atom. The van der Waals surface area contributed by atoms with Gasteiger partial charge >= 0.3 is 0 Å². The van der Waals surface area contributed by atoms with Crippen molar-refractivity contribution in [3.05, 3.63) is 67.0 Å². The molecule has 2 N–H and O–H groups in total. The molecule has 132 valence electrons. The van der Waals surface area contributed by atoms with Crippen LogP contribution in [-0.4, -0.2) is 23.6 Å². The van der Waals surface area contributed by atoms with E-state index in [9.17, 15) is 8.42 Å². The Labute approximate surface area is 152 Å². The Balaban J connectivity index is 1.47. The molecule has 1 aliphatic carbocycles. The summed E-state index contributed by atoms with van der Waals surface area (Å²) in [6.45, 7) is 0. The largest absolute Gasteiger partial charge is 0.340 e. The van der Waals surface area contributed by atoms with Gasteiger partial charge in [0.15, 0.2) is 0 Å². The van der Waals surface area contributed by atoms with Gasteiger partial charge in [0.1, 0.15) is 12.1 Å². The average molecular weight is 366 g/mol. The zero-order valence-corrected chi connectivity index (χ0v) is 14.8. The molecule has 1 heterocycles. The van der Waals surface area contributed by atoms with Crippen LogP contribution in [0.3, 0.4) is 0 Å². The average Bonchev–Trinajstić information content (AvgIpc) is 3.50. The van der Waals surface area contributed by atoms with Crippen molar-refractivity contribution in [2.24, 2.45) is 0 Å². The lowest BCUT2D eigenvalue weighted by atomic mass is 10.1. The van der Waals surface area contributed by atoms with Gasteiger partial charge in [-0.3, -0.25) is 4.72 Å². The van der Waals surface area contributed by atoms with Crippen LogP contribution >= 0.6 is 0 Å². The van der Waals surface area contributed by atoms with Gasteiger partial charge in [-0.25, -0.2) is 18.4 Å². The minimum atomic E-state index is -3.24. The highest BCUT2D eigenvalue weighted by molar-refractivity contribution is 7.93. The van der Waals surface area contributed by atoms with Crippen LogP contribution in [0.1, 0.15) is 12.8 Å². The highest BCUT2D eigenvalue weighted by Crippen LogP contribution is 2.30. The predicted octanol–water partition coefficient (Wildman–Crippen LogP) is 3.79. The highest BCUT2D eigenvalue weighted by atomic mass is 32.2. The number of nitrogens with one attached hydrogen (secondary N) is 2. The maximum Gasteiger partial charge on any atom is 0.235 e. The van der Waals surface area contributed by atoms with Gasteiger partial charge in [0.2, 0.25) is 10.0 Å². The molecule has 26 heavy (non-hydrogen) atoms. The van der Waals surface area contributed by atoms with Crippen LogP contribution in [0.5, 0.6) is 0 Å². The molecule has 1 saturated carbocycles. The lowest BCUT2D eigenvalue weighted by Crippen LogP contribution is -2.17. The topological polar surface area (TPSA) is 84.0 Å². The number of hydrogen-bond acceptors (Lipinski definition) is 5. The minimum absolute atomic E-state index is 0.238. The maximum absolute atomic E-state index is 12.0. The van der Waals surface area contributed by atoms with Gasteiger partial charge in [-0.1, -0.05) is 30.3 Å². The van der Waals surface area contributed by atoms with Crippen LogP contribution in [0.4, 0.5) is 17.2 Å². The first-order valence-corrected chi connectivity index (χ1v) is 9.91. The lowest BCUT2D eigenvalue weighted by Gasteiger charge is -2.10. The zero-order valence-electron chi connectivity index (χ0n) is 14.0. The highest BCUT2D eigenvalue weighted by Gasteiger charge is 2.35. The van der Waals surface area contributed by atoms with Crippen LogP contribution in [0.2, 0.25) is 0 Å². The van der Waals surface area contributed by atoms with Gasteiger partial charge in [-0.05, 0) is 37.1 Å². The van der Waals surface area contributed by atoms with Gasteiger partial charge in [0.25, 0.3) is 0 Å². The third kappa shape index (κ3) is 3.83. The molecule has 0 amide bonds. The van der Waals surface area contributed by atoms with Gasteiger partial charge in [-0.2, -0.15) is 0 Å². The first kappa shape index (κ1) is 16.5. The maximum atomic E-state index is 12.0. The molecule has 0 radical (unpaired) electrons. The van der Waals surface area contributed by atoms with Crippen molar-refractivity contribution in [2.75, 3.05) is 10.0 Å². The molecular weight excluding hydrogens is 348 g/mol. The van der Waals surface area contributed by atoms with Crippen LogP contribution in [0.15, 0.2) is 67.0 Å². The molecule has 2 aromatic carbocycles. The zero-order chi connectivity index (χ0) is 18.0. The van der Waals surface area contributed by atoms with Crippen LogP contribution in [0, 0.1) is 0 Å². The van der Waals surface area contributed by atoms with E-state index in [1.54, 1.807) is 12.1 Å². The summed E-state index contributed by atoms with van der Waals surface area (Å²) in [5.74, 6) is 0.671. The Morgan fingerprint density at radius 2 is 1.58 bits per heavy atom. The molecular formula is C19H18N4O2S. The molecule has 3 aromatic rings. The van der Waals surface area contributed by atoms with E-state index in [-0.39, 0.29) is 5.25 Å². The van der Waals surface area contributed by atoms with Gasteiger partial charge in [0.05, 0.1) is 10.9 Å². The van der Waals surface area contributed by atoms with E-state index in [2.05, 4.69) is 20.0 Å². The molecule has 1 aliphatic rings. The molecule has 0 spiro atoms.